The number of rotatable bonds is 2. The first-order valence-corrected chi connectivity index (χ1v) is 3.77. The highest BCUT2D eigenvalue weighted by Crippen LogP contribution is 2.18. The van der Waals surface area contributed by atoms with Crippen LogP contribution in [0.4, 0.5) is 0 Å². The summed E-state index contributed by atoms with van der Waals surface area (Å²) in [6.07, 6.45) is 6.27. The number of allylic oxidation sites excluding steroid dienone is 4. The van der Waals surface area contributed by atoms with Crippen LogP contribution < -0.4 is 0 Å². The molecule has 0 aromatic rings. The Hall–Kier alpha value is -1.77. The summed E-state index contributed by atoms with van der Waals surface area (Å²) < 4.78 is 10.00. The summed E-state index contributed by atoms with van der Waals surface area (Å²) in [4.78, 5) is 10.8. The zero-order valence-corrected chi connectivity index (χ0v) is 7.16. The fraction of sp³-hybridized carbons (Fsp3) is 0.100. The summed E-state index contributed by atoms with van der Waals surface area (Å²) in [6.45, 7) is 6.96. The monoisotopic (exact) mass is 178 g/mol. The van der Waals surface area contributed by atoms with Crippen LogP contribution in [0.2, 0.25) is 0 Å². The van der Waals surface area contributed by atoms with Gasteiger partial charge < -0.3 is 9.47 Å². The molecule has 0 spiro atoms. The quantitative estimate of drug-likeness (QED) is 0.604. The molecule has 0 saturated carbocycles. The normalized spacial score (nSPS) is 22.3. The molecule has 0 unspecified atom stereocenters. The third-order valence-corrected chi connectivity index (χ3v) is 1.35. The molecule has 3 nitrogen and oxygen atoms in total. The van der Waals surface area contributed by atoms with Crippen LogP contribution in [0.3, 0.4) is 0 Å². The standard InChI is InChI=1S/C10H10O3/c1-3-5-8-9(6-4-2)13-10(11)7-12-8/h3-6H,1-2,7H2/b8-5+,9-6+. The maximum Gasteiger partial charge on any atom is 0.349 e. The summed E-state index contributed by atoms with van der Waals surface area (Å²) in [5, 5.41) is 0. The van der Waals surface area contributed by atoms with E-state index in [1.807, 2.05) is 0 Å². The van der Waals surface area contributed by atoms with Crippen LogP contribution >= 0.6 is 0 Å². The van der Waals surface area contributed by atoms with Gasteiger partial charge in [-0.15, -0.1) is 0 Å². The van der Waals surface area contributed by atoms with Crippen molar-refractivity contribution in [1.82, 2.24) is 0 Å². The lowest BCUT2D eigenvalue weighted by Crippen LogP contribution is -2.20. The minimum atomic E-state index is -0.408. The van der Waals surface area contributed by atoms with Crippen molar-refractivity contribution >= 4 is 5.97 Å². The second-order valence-electron chi connectivity index (χ2n) is 2.30. The van der Waals surface area contributed by atoms with E-state index in [-0.39, 0.29) is 6.61 Å². The molecule has 1 aliphatic rings. The van der Waals surface area contributed by atoms with Gasteiger partial charge in [-0.1, -0.05) is 25.3 Å². The summed E-state index contributed by atoms with van der Waals surface area (Å²) in [5.74, 6) is 0.454. The van der Waals surface area contributed by atoms with Crippen LogP contribution in [0.25, 0.3) is 0 Å². The summed E-state index contributed by atoms with van der Waals surface area (Å²) in [6, 6.07) is 0. The van der Waals surface area contributed by atoms with Crippen molar-refractivity contribution in [2.45, 2.75) is 0 Å². The van der Waals surface area contributed by atoms with Crippen molar-refractivity contribution < 1.29 is 14.3 Å². The van der Waals surface area contributed by atoms with E-state index in [9.17, 15) is 4.79 Å². The largest absolute Gasteiger partial charge is 0.478 e. The van der Waals surface area contributed by atoms with E-state index in [4.69, 9.17) is 9.47 Å². The Kier molecular flexibility index (Phi) is 3.09. The van der Waals surface area contributed by atoms with Gasteiger partial charge in [-0.05, 0) is 12.2 Å². The molecule has 13 heavy (non-hydrogen) atoms. The van der Waals surface area contributed by atoms with Crippen molar-refractivity contribution in [3.05, 3.63) is 49.0 Å². The maximum atomic E-state index is 10.8. The van der Waals surface area contributed by atoms with Crippen LogP contribution in [0.5, 0.6) is 0 Å². The molecule has 0 bridgehead atoms. The summed E-state index contributed by atoms with van der Waals surface area (Å²) in [7, 11) is 0. The van der Waals surface area contributed by atoms with Gasteiger partial charge in [0.15, 0.2) is 18.1 Å². The Balaban J connectivity index is 2.90. The molecule has 0 aromatic carbocycles. The second kappa shape index (κ2) is 4.30. The molecule has 1 saturated heterocycles. The third kappa shape index (κ3) is 2.33. The van der Waals surface area contributed by atoms with Gasteiger partial charge >= 0.3 is 5.97 Å². The molecule has 0 radical (unpaired) electrons. The van der Waals surface area contributed by atoms with E-state index in [0.717, 1.165) is 0 Å². The van der Waals surface area contributed by atoms with Gasteiger partial charge in [0.2, 0.25) is 0 Å². The van der Waals surface area contributed by atoms with Crippen LogP contribution in [0, 0.1) is 0 Å². The number of hydrogen-bond donors (Lipinski definition) is 0. The molecule has 1 rings (SSSR count). The number of cyclic esters (lactones) is 1. The van der Waals surface area contributed by atoms with E-state index in [1.165, 1.54) is 6.08 Å². The molecule has 0 aromatic heterocycles. The van der Waals surface area contributed by atoms with Gasteiger partial charge in [-0.25, -0.2) is 4.79 Å². The maximum absolute atomic E-state index is 10.8. The molecular formula is C10H10O3. The Morgan fingerprint density at radius 2 is 1.77 bits per heavy atom. The first-order chi connectivity index (χ1) is 6.27. The Morgan fingerprint density at radius 3 is 2.38 bits per heavy atom. The predicted molar refractivity (Wildman–Crippen MR) is 48.6 cm³/mol. The van der Waals surface area contributed by atoms with Gasteiger partial charge in [-0.2, -0.15) is 0 Å². The fourth-order valence-corrected chi connectivity index (χ4v) is 0.871. The minimum absolute atomic E-state index is 0.0614. The lowest BCUT2D eigenvalue weighted by molar-refractivity contribution is -0.147. The average Bonchev–Trinajstić information content (AvgIpc) is 2.10. The Labute approximate surface area is 76.6 Å². The predicted octanol–water partition coefficient (Wildman–Crippen LogP) is 1.70. The topological polar surface area (TPSA) is 35.5 Å². The average molecular weight is 178 g/mol. The van der Waals surface area contributed by atoms with Crippen molar-refractivity contribution in [3.8, 4) is 0 Å². The van der Waals surface area contributed by atoms with Crippen LogP contribution in [0.1, 0.15) is 0 Å². The summed E-state index contributed by atoms with van der Waals surface area (Å²) >= 11 is 0. The zero-order valence-electron chi connectivity index (χ0n) is 7.16. The number of carbonyl (C=O) groups is 1. The minimum Gasteiger partial charge on any atom is -0.478 e. The van der Waals surface area contributed by atoms with Gasteiger partial charge in [-0.3, -0.25) is 0 Å². The summed E-state index contributed by atoms with van der Waals surface area (Å²) in [5.41, 5.74) is 0. The molecule has 0 amide bonds. The lowest BCUT2D eigenvalue weighted by Gasteiger charge is -2.17. The first kappa shape index (κ1) is 9.32. The second-order valence-corrected chi connectivity index (χ2v) is 2.30. The third-order valence-electron chi connectivity index (χ3n) is 1.35. The van der Waals surface area contributed by atoms with Crippen molar-refractivity contribution in [1.29, 1.82) is 0 Å². The Bertz CT molecular complexity index is 297. The molecule has 0 N–H and O–H groups in total. The number of ether oxygens (including phenoxy) is 2. The molecule has 0 aliphatic carbocycles. The molecule has 3 heteroatoms. The number of hydrogen-bond acceptors (Lipinski definition) is 3. The highest BCUT2D eigenvalue weighted by Gasteiger charge is 2.19. The van der Waals surface area contributed by atoms with Gasteiger partial charge in [0.05, 0.1) is 0 Å². The zero-order chi connectivity index (χ0) is 9.68. The number of carbonyl (C=O) groups excluding carboxylic acids is 1. The van der Waals surface area contributed by atoms with E-state index in [0.29, 0.717) is 11.5 Å². The molecule has 0 atom stereocenters. The highest BCUT2D eigenvalue weighted by molar-refractivity contribution is 5.74. The highest BCUT2D eigenvalue weighted by atomic mass is 16.6. The molecule has 68 valence electrons. The smallest absolute Gasteiger partial charge is 0.349 e. The van der Waals surface area contributed by atoms with Gasteiger partial charge in [0.25, 0.3) is 0 Å². The molecule has 1 heterocycles. The molecule has 1 aliphatic heterocycles. The van der Waals surface area contributed by atoms with Crippen LogP contribution in [0.15, 0.2) is 49.0 Å². The van der Waals surface area contributed by atoms with Gasteiger partial charge in [0, 0.05) is 0 Å². The first-order valence-electron chi connectivity index (χ1n) is 3.77. The Morgan fingerprint density at radius 1 is 1.15 bits per heavy atom. The van der Waals surface area contributed by atoms with E-state index in [2.05, 4.69) is 13.2 Å². The lowest BCUT2D eigenvalue weighted by atomic mass is 10.3. The van der Waals surface area contributed by atoms with E-state index >= 15 is 0 Å². The van der Waals surface area contributed by atoms with Crippen molar-refractivity contribution in [2.75, 3.05) is 6.61 Å². The van der Waals surface area contributed by atoms with E-state index in [1.54, 1.807) is 18.2 Å². The van der Waals surface area contributed by atoms with E-state index < -0.39 is 5.97 Å². The van der Waals surface area contributed by atoms with Crippen molar-refractivity contribution in [3.63, 3.8) is 0 Å². The fourth-order valence-electron chi connectivity index (χ4n) is 0.871. The molecular weight excluding hydrogens is 168 g/mol. The molecule has 1 fully saturated rings. The van der Waals surface area contributed by atoms with Crippen molar-refractivity contribution in [2.24, 2.45) is 0 Å². The van der Waals surface area contributed by atoms with Crippen LogP contribution in [-0.4, -0.2) is 12.6 Å². The van der Waals surface area contributed by atoms with Crippen LogP contribution in [-0.2, 0) is 14.3 Å². The SMILES string of the molecule is C=C/C=C1/OCC(=O)O/C1=C/C=C. The number of esters is 1. The van der Waals surface area contributed by atoms with Gasteiger partial charge in [0.1, 0.15) is 0 Å².